The molecule has 1 nitrogen and oxygen atoms in total. The van der Waals surface area contributed by atoms with Crippen LogP contribution in [0.15, 0.2) is 11.8 Å². The smallest absolute Gasteiger partial charge is 0.198 e. The fourth-order valence-corrected chi connectivity index (χ4v) is 9.20. The molecule has 0 aliphatic heterocycles. The molecule has 0 aliphatic carbocycles. The van der Waals surface area contributed by atoms with Crippen LogP contribution in [0.2, 0.25) is 32.7 Å². The van der Waals surface area contributed by atoms with Crippen LogP contribution in [0.3, 0.4) is 0 Å². The molecule has 0 amide bonds. The fraction of sp³-hybridized carbons (Fsp3) is 0.846. The van der Waals surface area contributed by atoms with Crippen molar-refractivity contribution in [2.24, 2.45) is 0 Å². The van der Waals surface area contributed by atoms with Crippen LogP contribution in [0, 0.1) is 0 Å². The fourth-order valence-electron chi connectivity index (χ4n) is 1.88. The maximum absolute atomic E-state index is 6.24. The zero-order valence-electron chi connectivity index (χ0n) is 12.1. The van der Waals surface area contributed by atoms with E-state index in [-0.39, 0.29) is 0 Å². The van der Waals surface area contributed by atoms with Crippen molar-refractivity contribution >= 4 is 16.6 Å². The molecule has 0 aromatic rings. The van der Waals surface area contributed by atoms with Gasteiger partial charge >= 0.3 is 0 Å². The van der Waals surface area contributed by atoms with Crippen LogP contribution in [-0.4, -0.2) is 16.6 Å². The van der Waals surface area contributed by atoms with Gasteiger partial charge in [0.2, 0.25) is 0 Å². The molecule has 16 heavy (non-hydrogen) atoms. The van der Waals surface area contributed by atoms with Crippen molar-refractivity contribution in [3.8, 4) is 0 Å². The third kappa shape index (κ3) is 10.6. The van der Waals surface area contributed by atoms with E-state index in [2.05, 4.69) is 51.4 Å². The van der Waals surface area contributed by atoms with Gasteiger partial charge in [0.1, 0.15) is 0 Å². The van der Waals surface area contributed by atoms with Gasteiger partial charge in [0.05, 0.1) is 0 Å². The lowest BCUT2D eigenvalue weighted by Crippen LogP contribution is -2.40. The summed E-state index contributed by atoms with van der Waals surface area (Å²) in [4.78, 5) is 0. The van der Waals surface area contributed by atoms with Gasteiger partial charge in [-0.2, -0.15) is 0 Å². The van der Waals surface area contributed by atoms with Crippen LogP contribution in [0.5, 0.6) is 0 Å². The number of hydrogen-bond donors (Lipinski definition) is 0. The molecule has 0 saturated carbocycles. The summed E-state index contributed by atoms with van der Waals surface area (Å²) < 4.78 is 6.24. The summed E-state index contributed by atoms with van der Waals surface area (Å²) in [7, 11) is -2.89. The predicted molar refractivity (Wildman–Crippen MR) is 79.8 cm³/mol. The lowest BCUT2D eigenvalue weighted by molar-refractivity contribution is 0.564. The molecule has 0 rings (SSSR count). The second-order valence-corrected chi connectivity index (χ2v) is 14.7. The normalized spacial score (nSPS) is 13.6. The molecule has 0 atom stereocenters. The second kappa shape index (κ2) is 7.46. The van der Waals surface area contributed by atoms with Gasteiger partial charge in [-0.15, -0.1) is 0 Å². The van der Waals surface area contributed by atoms with Crippen molar-refractivity contribution in [1.29, 1.82) is 0 Å². The average molecular weight is 259 g/mol. The first-order valence-electron chi connectivity index (χ1n) is 6.65. The van der Waals surface area contributed by atoms with Gasteiger partial charge in [-0.25, -0.2) is 0 Å². The molecule has 0 radical (unpaired) electrons. The van der Waals surface area contributed by atoms with Gasteiger partial charge in [-0.3, -0.25) is 0 Å². The van der Waals surface area contributed by atoms with Crippen molar-refractivity contribution in [1.82, 2.24) is 0 Å². The highest BCUT2D eigenvalue weighted by molar-refractivity contribution is 6.86. The Morgan fingerprint density at radius 2 is 1.56 bits per heavy atom. The van der Waals surface area contributed by atoms with Gasteiger partial charge in [0.25, 0.3) is 0 Å². The Kier molecular flexibility index (Phi) is 7.52. The SMILES string of the molecule is CCCCCC/C=C\[Si](C)(C)O[Si](C)(C)C. The molecule has 0 heterocycles. The summed E-state index contributed by atoms with van der Waals surface area (Å²) >= 11 is 0. The first-order chi connectivity index (χ1) is 7.27. The summed E-state index contributed by atoms with van der Waals surface area (Å²) in [5, 5.41) is 0. The van der Waals surface area contributed by atoms with Gasteiger partial charge in [0.15, 0.2) is 16.6 Å². The lowest BCUT2D eigenvalue weighted by atomic mass is 10.2. The highest BCUT2D eigenvalue weighted by Gasteiger charge is 2.26. The van der Waals surface area contributed by atoms with E-state index in [1.165, 1.54) is 32.1 Å². The molecule has 96 valence electrons. The summed E-state index contributed by atoms with van der Waals surface area (Å²) in [6.07, 6.45) is 8.98. The molecular formula is C13H30OSi2. The van der Waals surface area contributed by atoms with E-state index >= 15 is 0 Å². The van der Waals surface area contributed by atoms with Gasteiger partial charge in [-0.1, -0.05) is 38.0 Å². The Morgan fingerprint density at radius 1 is 0.938 bits per heavy atom. The number of hydrogen-bond acceptors (Lipinski definition) is 1. The van der Waals surface area contributed by atoms with Crippen LogP contribution in [-0.2, 0) is 4.12 Å². The minimum atomic E-state index is -1.53. The molecule has 3 heteroatoms. The standard InChI is InChI=1S/C13H30OSi2/c1-7-8-9-10-11-12-13-16(5,6)14-15(2,3)4/h12-13H,7-11H2,1-6H3/b13-12-. The van der Waals surface area contributed by atoms with Crippen molar-refractivity contribution in [3.05, 3.63) is 11.8 Å². The Balaban J connectivity index is 3.83. The van der Waals surface area contributed by atoms with E-state index in [9.17, 15) is 0 Å². The molecule has 0 aromatic heterocycles. The second-order valence-electron chi connectivity index (χ2n) is 6.07. The Hall–Kier alpha value is 0.134. The van der Waals surface area contributed by atoms with E-state index < -0.39 is 16.6 Å². The van der Waals surface area contributed by atoms with E-state index in [0.29, 0.717) is 0 Å². The molecule has 0 aliphatic rings. The van der Waals surface area contributed by atoms with Crippen LogP contribution in [0.1, 0.15) is 39.0 Å². The highest BCUT2D eigenvalue weighted by atomic mass is 28.4. The highest BCUT2D eigenvalue weighted by Crippen LogP contribution is 2.15. The third-order valence-corrected chi connectivity index (χ3v) is 7.91. The topological polar surface area (TPSA) is 9.23 Å². The zero-order valence-corrected chi connectivity index (χ0v) is 14.1. The minimum absolute atomic E-state index is 1.23. The van der Waals surface area contributed by atoms with Crippen molar-refractivity contribution in [2.45, 2.75) is 71.8 Å². The Morgan fingerprint density at radius 3 is 2.06 bits per heavy atom. The predicted octanol–water partition coefficient (Wildman–Crippen LogP) is 5.11. The average Bonchev–Trinajstić information content (AvgIpc) is 2.06. The van der Waals surface area contributed by atoms with Crippen LogP contribution >= 0.6 is 0 Å². The van der Waals surface area contributed by atoms with E-state index in [1.807, 2.05) is 0 Å². The van der Waals surface area contributed by atoms with Crippen LogP contribution in [0.25, 0.3) is 0 Å². The summed E-state index contributed by atoms with van der Waals surface area (Å²) in [5.74, 6) is 0. The van der Waals surface area contributed by atoms with Crippen molar-refractivity contribution in [2.75, 3.05) is 0 Å². The van der Waals surface area contributed by atoms with Gasteiger partial charge in [-0.05, 0) is 45.6 Å². The molecule has 0 unspecified atom stereocenters. The largest absolute Gasteiger partial charge is 0.453 e. The molecule has 0 N–H and O–H groups in total. The molecular weight excluding hydrogens is 228 g/mol. The lowest BCUT2D eigenvalue weighted by Gasteiger charge is -2.28. The maximum Gasteiger partial charge on any atom is 0.198 e. The van der Waals surface area contributed by atoms with Crippen molar-refractivity contribution < 1.29 is 4.12 Å². The first-order valence-corrected chi connectivity index (χ1v) is 13.0. The maximum atomic E-state index is 6.24. The third-order valence-electron chi connectivity index (χ3n) is 2.31. The van der Waals surface area contributed by atoms with Gasteiger partial charge in [0, 0.05) is 0 Å². The Bertz CT molecular complexity index is 204. The van der Waals surface area contributed by atoms with E-state index in [4.69, 9.17) is 4.12 Å². The zero-order chi connectivity index (χ0) is 12.7. The van der Waals surface area contributed by atoms with Gasteiger partial charge < -0.3 is 4.12 Å². The number of unbranched alkanes of at least 4 members (excludes halogenated alkanes) is 4. The molecule has 0 fully saturated rings. The number of rotatable bonds is 8. The quantitative estimate of drug-likeness (QED) is 0.434. The van der Waals surface area contributed by atoms with E-state index in [1.54, 1.807) is 0 Å². The Labute approximate surface area is 105 Å². The first kappa shape index (κ1) is 16.1. The summed E-state index contributed by atoms with van der Waals surface area (Å²) in [6, 6.07) is 0. The van der Waals surface area contributed by atoms with Crippen LogP contribution in [0.4, 0.5) is 0 Å². The number of allylic oxidation sites excluding steroid dienone is 1. The summed E-state index contributed by atoms with van der Waals surface area (Å²) in [6.45, 7) is 13.7. The molecule has 0 bridgehead atoms. The molecule has 0 saturated heterocycles. The van der Waals surface area contributed by atoms with Crippen molar-refractivity contribution in [3.63, 3.8) is 0 Å². The molecule has 0 spiro atoms. The van der Waals surface area contributed by atoms with Crippen LogP contribution < -0.4 is 0 Å². The molecule has 0 aromatic carbocycles. The van der Waals surface area contributed by atoms with E-state index in [0.717, 1.165) is 0 Å². The minimum Gasteiger partial charge on any atom is -0.453 e. The monoisotopic (exact) mass is 258 g/mol. The summed E-state index contributed by atoms with van der Waals surface area (Å²) in [5.41, 5.74) is 2.37.